The molecule has 3 N–H and O–H groups in total. The molecule has 0 radical (unpaired) electrons. The molecule has 0 heterocycles. The summed E-state index contributed by atoms with van der Waals surface area (Å²) in [4.78, 5) is 24.5. The number of aliphatic hydroxyl groups excluding tert-OH is 2. The van der Waals surface area contributed by atoms with Crippen LogP contribution in [0, 0.1) is 0 Å². The lowest BCUT2D eigenvalue weighted by Crippen LogP contribution is -2.45. The van der Waals surface area contributed by atoms with Gasteiger partial charge in [0.05, 0.1) is 25.4 Å². The Morgan fingerprint density at radius 3 is 0.910 bits per heavy atom. The summed E-state index contributed by atoms with van der Waals surface area (Å²) in [5, 5.41) is 23.2. The van der Waals surface area contributed by atoms with Crippen LogP contribution in [0.25, 0.3) is 0 Å². The maximum absolute atomic E-state index is 12.4. The molecule has 0 aliphatic heterocycles. The smallest absolute Gasteiger partial charge is 0.305 e. The summed E-state index contributed by atoms with van der Waals surface area (Å²) in [6, 6.07) is -0.534. The lowest BCUT2D eigenvalue weighted by atomic mass is 10.0. The average Bonchev–Trinajstić information content (AvgIpc) is 3.44. The van der Waals surface area contributed by atoms with E-state index in [1.807, 2.05) is 0 Å². The van der Waals surface area contributed by atoms with Crippen molar-refractivity contribution in [3.05, 3.63) is 12.2 Å². The molecule has 1 amide bonds. The second-order valence-electron chi connectivity index (χ2n) is 24.9. The van der Waals surface area contributed by atoms with Gasteiger partial charge in [-0.3, -0.25) is 9.59 Å². The van der Waals surface area contributed by atoms with Crippen molar-refractivity contribution in [2.45, 2.75) is 424 Å². The molecule has 0 saturated heterocycles. The molecule has 0 bridgehead atoms. The van der Waals surface area contributed by atoms with E-state index in [1.165, 1.54) is 334 Å². The number of nitrogens with one attached hydrogen (secondary N) is 1. The fraction of sp³-hybridized carbons (Fsp3) is 0.944. The Labute approximate surface area is 489 Å². The lowest BCUT2D eigenvalue weighted by Gasteiger charge is -2.22. The number of hydrogen-bond donors (Lipinski definition) is 3. The molecular weight excluding hydrogens is 959 g/mol. The zero-order valence-corrected chi connectivity index (χ0v) is 53.2. The van der Waals surface area contributed by atoms with Crippen LogP contribution < -0.4 is 5.32 Å². The van der Waals surface area contributed by atoms with Gasteiger partial charge in [-0.1, -0.05) is 360 Å². The fourth-order valence-electron chi connectivity index (χ4n) is 11.6. The molecular formula is C72H141NO5. The van der Waals surface area contributed by atoms with E-state index >= 15 is 0 Å². The summed E-state index contributed by atoms with van der Waals surface area (Å²) in [6.07, 6.45) is 84.4. The molecule has 0 fully saturated rings. The number of hydrogen-bond acceptors (Lipinski definition) is 5. The first-order valence-electron chi connectivity index (χ1n) is 35.9. The number of amides is 1. The van der Waals surface area contributed by atoms with E-state index in [0.717, 1.165) is 44.9 Å². The molecule has 0 aliphatic rings. The third kappa shape index (κ3) is 63.8. The van der Waals surface area contributed by atoms with Gasteiger partial charge in [-0.15, -0.1) is 0 Å². The first-order valence-corrected chi connectivity index (χ1v) is 35.9. The first-order chi connectivity index (χ1) is 38.5. The van der Waals surface area contributed by atoms with Crippen molar-refractivity contribution in [2.24, 2.45) is 0 Å². The summed E-state index contributed by atoms with van der Waals surface area (Å²) >= 11 is 0. The van der Waals surface area contributed by atoms with Gasteiger partial charge in [-0.25, -0.2) is 0 Å². The molecule has 2 atom stereocenters. The van der Waals surface area contributed by atoms with Crippen molar-refractivity contribution in [3.63, 3.8) is 0 Å². The molecule has 6 heteroatoms. The van der Waals surface area contributed by atoms with Gasteiger partial charge in [0.25, 0.3) is 0 Å². The molecule has 0 aromatic carbocycles. The highest BCUT2D eigenvalue weighted by molar-refractivity contribution is 5.76. The number of aliphatic hydroxyl groups is 2. The van der Waals surface area contributed by atoms with Crippen molar-refractivity contribution in [3.8, 4) is 0 Å². The lowest BCUT2D eigenvalue weighted by molar-refractivity contribution is -0.143. The van der Waals surface area contributed by atoms with Crippen molar-refractivity contribution < 1.29 is 24.5 Å². The molecule has 78 heavy (non-hydrogen) atoms. The van der Waals surface area contributed by atoms with Gasteiger partial charge < -0.3 is 20.3 Å². The second kappa shape index (κ2) is 68.1. The maximum atomic E-state index is 12.4. The molecule has 0 aromatic rings. The predicted octanol–water partition coefficient (Wildman–Crippen LogP) is 23.1. The van der Waals surface area contributed by atoms with Crippen molar-refractivity contribution in [2.75, 3.05) is 13.2 Å². The SMILES string of the molecule is CCCCCCC/C=C\CCCCCCCC(=O)OCCCCCCCCCCCCCCCCCCCCCCCCCCCCCCCCCCCCCCCC(=O)NC(CO)C(O)CCCCCCCCCCCC. The van der Waals surface area contributed by atoms with Gasteiger partial charge in [0, 0.05) is 12.8 Å². The van der Waals surface area contributed by atoms with Gasteiger partial charge >= 0.3 is 5.97 Å². The molecule has 0 aliphatic carbocycles. The summed E-state index contributed by atoms with van der Waals surface area (Å²) in [6.45, 7) is 4.96. The van der Waals surface area contributed by atoms with Crippen LogP contribution >= 0.6 is 0 Å². The number of esters is 1. The molecule has 2 unspecified atom stereocenters. The Balaban J connectivity index is 3.26. The molecule has 0 aromatic heterocycles. The quantitative estimate of drug-likeness (QED) is 0.0320. The van der Waals surface area contributed by atoms with Gasteiger partial charge in [0.15, 0.2) is 0 Å². The van der Waals surface area contributed by atoms with Crippen LogP contribution in [0.3, 0.4) is 0 Å². The monoisotopic (exact) mass is 1100 g/mol. The van der Waals surface area contributed by atoms with Crippen LogP contribution in [-0.4, -0.2) is 47.4 Å². The Morgan fingerprint density at radius 2 is 0.603 bits per heavy atom. The zero-order chi connectivity index (χ0) is 56.4. The first kappa shape index (κ1) is 76.6. The summed E-state index contributed by atoms with van der Waals surface area (Å²) < 4.78 is 5.49. The minimum absolute atomic E-state index is 0.0155. The molecule has 0 rings (SSSR count). The van der Waals surface area contributed by atoms with E-state index < -0.39 is 12.1 Å². The Morgan fingerprint density at radius 1 is 0.346 bits per heavy atom. The molecule has 0 saturated carbocycles. The van der Waals surface area contributed by atoms with E-state index in [0.29, 0.717) is 25.9 Å². The Bertz CT molecular complexity index is 1180. The predicted molar refractivity (Wildman–Crippen MR) is 343 cm³/mol. The molecule has 6 nitrogen and oxygen atoms in total. The third-order valence-electron chi connectivity index (χ3n) is 17.1. The highest BCUT2D eigenvalue weighted by atomic mass is 16.5. The highest BCUT2D eigenvalue weighted by Crippen LogP contribution is 2.19. The van der Waals surface area contributed by atoms with Crippen LogP contribution in [0.2, 0.25) is 0 Å². The minimum atomic E-state index is -0.657. The molecule has 464 valence electrons. The number of carbonyl (C=O) groups excluding carboxylic acids is 2. The maximum Gasteiger partial charge on any atom is 0.305 e. The topological polar surface area (TPSA) is 95.9 Å². The van der Waals surface area contributed by atoms with Crippen molar-refractivity contribution in [1.82, 2.24) is 5.32 Å². The minimum Gasteiger partial charge on any atom is -0.466 e. The summed E-state index contributed by atoms with van der Waals surface area (Å²) in [5.74, 6) is -0.0131. The van der Waals surface area contributed by atoms with E-state index in [2.05, 4.69) is 31.3 Å². The van der Waals surface area contributed by atoms with Crippen LogP contribution in [0.4, 0.5) is 0 Å². The van der Waals surface area contributed by atoms with Crippen LogP contribution in [0.5, 0.6) is 0 Å². The van der Waals surface area contributed by atoms with E-state index in [-0.39, 0.29) is 18.5 Å². The second-order valence-corrected chi connectivity index (χ2v) is 24.9. The standard InChI is InChI=1S/C72H141NO5/c1-3-5-7-9-11-13-15-16-43-46-50-54-58-62-66-72(77)78-67-63-59-55-51-47-44-41-39-37-35-33-31-29-27-25-23-21-19-17-18-20-22-24-26-28-30-32-34-36-38-40-42-45-49-53-57-61-65-71(76)73-69(68-74)70(75)64-60-56-52-48-14-12-10-8-6-4-2/h15-16,69-70,74-75H,3-14,17-68H2,1-2H3,(H,73,76)/b16-15-. The zero-order valence-electron chi connectivity index (χ0n) is 53.2. The molecule has 0 spiro atoms. The van der Waals surface area contributed by atoms with Crippen LogP contribution in [0.15, 0.2) is 12.2 Å². The van der Waals surface area contributed by atoms with E-state index in [1.54, 1.807) is 0 Å². The van der Waals surface area contributed by atoms with Crippen LogP contribution in [-0.2, 0) is 14.3 Å². The number of unbranched alkanes of at least 4 members (excludes halogenated alkanes) is 55. The van der Waals surface area contributed by atoms with E-state index in [9.17, 15) is 19.8 Å². The Kier molecular flexibility index (Phi) is 66.9. The third-order valence-corrected chi connectivity index (χ3v) is 17.1. The number of ether oxygens (including phenoxy) is 1. The normalized spacial score (nSPS) is 12.5. The number of carbonyl (C=O) groups is 2. The number of rotatable bonds is 68. The van der Waals surface area contributed by atoms with Crippen molar-refractivity contribution >= 4 is 11.9 Å². The van der Waals surface area contributed by atoms with Gasteiger partial charge in [-0.2, -0.15) is 0 Å². The summed E-state index contributed by atoms with van der Waals surface area (Å²) in [7, 11) is 0. The average molecular weight is 1100 g/mol. The fourth-order valence-corrected chi connectivity index (χ4v) is 11.6. The van der Waals surface area contributed by atoms with Crippen LogP contribution in [0.1, 0.15) is 412 Å². The largest absolute Gasteiger partial charge is 0.466 e. The van der Waals surface area contributed by atoms with Gasteiger partial charge in [0.2, 0.25) is 5.91 Å². The van der Waals surface area contributed by atoms with Gasteiger partial charge in [0.1, 0.15) is 0 Å². The van der Waals surface area contributed by atoms with Crippen molar-refractivity contribution in [1.29, 1.82) is 0 Å². The number of allylic oxidation sites excluding steroid dienone is 2. The summed E-state index contributed by atoms with van der Waals surface area (Å²) in [5.41, 5.74) is 0. The highest BCUT2D eigenvalue weighted by Gasteiger charge is 2.20. The Hall–Kier alpha value is -1.40. The van der Waals surface area contributed by atoms with Gasteiger partial charge in [-0.05, 0) is 51.4 Å². The van der Waals surface area contributed by atoms with E-state index in [4.69, 9.17) is 4.74 Å².